The molecule has 6 rings (SSSR count). The molecule has 0 aliphatic heterocycles. The zero-order chi connectivity index (χ0) is 14.3. The fourth-order valence-electron chi connectivity index (χ4n) is 6.16. The number of hydrogen-bond donors (Lipinski definition) is 0. The van der Waals surface area contributed by atoms with Gasteiger partial charge in [0.25, 0.3) is 0 Å². The summed E-state index contributed by atoms with van der Waals surface area (Å²) >= 11 is 0. The molecule has 0 amide bonds. The third-order valence-corrected chi connectivity index (χ3v) is 6.82. The number of fused-ring (bicyclic) bond motifs is 10. The summed E-state index contributed by atoms with van der Waals surface area (Å²) in [6.07, 6.45) is 5.54. The van der Waals surface area contributed by atoms with Gasteiger partial charge in [-0.1, -0.05) is 59.7 Å². The van der Waals surface area contributed by atoms with Gasteiger partial charge in [-0.05, 0) is 47.9 Å². The molecule has 4 atom stereocenters. The molecule has 4 aliphatic rings. The average molecular weight is 284 g/mol. The molecule has 2 aromatic carbocycles. The second-order valence-corrected chi connectivity index (χ2v) is 7.53. The first-order valence-electron chi connectivity index (χ1n) is 8.85. The van der Waals surface area contributed by atoms with Crippen LogP contribution in [0.4, 0.5) is 0 Å². The number of allylic oxidation sites excluding steroid dienone is 2. The molecule has 0 spiro atoms. The maximum absolute atomic E-state index is 2.39. The summed E-state index contributed by atoms with van der Waals surface area (Å²) in [6.45, 7) is 0. The van der Waals surface area contributed by atoms with Crippen LogP contribution in [0.2, 0.25) is 0 Å². The van der Waals surface area contributed by atoms with Gasteiger partial charge >= 0.3 is 0 Å². The van der Waals surface area contributed by atoms with Crippen molar-refractivity contribution in [2.45, 2.75) is 49.4 Å². The SMILES string of the molecule is c1ccc2c(c1)C1CCC2C1=C1C2CCC1c1ccccc12. The van der Waals surface area contributed by atoms with E-state index in [1.54, 1.807) is 22.3 Å². The maximum Gasteiger partial charge on any atom is 0.00607 e. The minimum atomic E-state index is 0.744. The summed E-state index contributed by atoms with van der Waals surface area (Å²) in [6, 6.07) is 18.5. The normalized spacial score (nSPS) is 33.5. The minimum absolute atomic E-state index is 0.744. The zero-order valence-electron chi connectivity index (χ0n) is 12.8. The third-order valence-electron chi connectivity index (χ3n) is 6.82. The van der Waals surface area contributed by atoms with Gasteiger partial charge in [-0.2, -0.15) is 0 Å². The summed E-state index contributed by atoms with van der Waals surface area (Å²) in [5.74, 6) is 2.98. The largest absolute Gasteiger partial charge is 0.0620 e. The molecule has 0 heterocycles. The molecule has 2 aromatic rings. The Morgan fingerprint density at radius 1 is 0.455 bits per heavy atom. The predicted molar refractivity (Wildman–Crippen MR) is 89.3 cm³/mol. The second-order valence-electron chi connectivity index (χ2n) is 7.53. The number of benzene rings is 2. The molecule has 4 bridgehead atoms. The highest BCUT2D eigenvalue weighted by molar-refractivity contribution is 5.62. The second kappa shape index (κ2) is 3.93. The van der Waals surface area contributed by atoms with E-state index < -0.39 is 0 Å². The minimum Gasteiger partial charge on any atom is -0.0620 e. The summed E-state index contributed by atoms with van der Waals surface area (Å²) in [5.41, 5.74) is 10.3. The quantitative estimate of drug-likeness (QED) is 0.550. The highest BCUT2D eigenvalue weighted by Gasteiger charge is 2.49. The van der Waals surface area contributed by atoms with Crippen LogP contribution in [-0.2, 0) is 0 Å². The fourth-order valence-corrected chi connectivity index (χ4v) is 6.16. The molecule has 4 unspecified atom stereocenters. The van der Waals surface area contributed by atoms with Crippen LogP contribution in [0, 0.1) is 0 Å². The first-order valence-corrected chi connectivity index (χ1v) is 8.85. The van der Waals surface area contributed by atoms with E-state index in [-0.39, 0.29) is 0 Å². The lowest BCUT2D eigenvalue weighted by molar-refractivity contribution is 0.717. The molecule has 0 N–H and O–H groups in total. The van der Waals surface area contributed by atoms with Crippen LogP contribution in [0.1, 0.15) is 71.6 Å². The van der Waals surface area contributed by atoms with Crippen LogP contribution in [0.25, 0.3) is 0 Å². The van der Waals surface area contributed by atoms with Gasteiger partial charge in [0.2, 0.25) is 0 Å². The highest BCUT2D eigenvalue weighted by atomic mass is 14.5. The Morgan fingerprint density at radius 2 is 0.727 bits per heavy atom. The lowest BCUT2D eigenvalue weighted by Gasteiger charge is -2.15. The number of rotatable bonds is 0. The molecular formula is C22H20. The Kier molecular flexibility index (Phi) is 2.09. The van der Waals surface area contributed by atoms with E-state index in [0.29, 0.717) is 0 Å². The van der Waals surface area contributed by atoms with Crippen LogP contribution >= 0.6 is 0 Å². The maximum atomic E-state index is 2.39. The van der Waals surface area contributed by atoms with Gasteiger partial charge in [0, 0.05) is 23.7 Å². The van der Waals surface area contributed by atoms with Crippen LogP contribution < -0.4 is 0 Å². The molecule has 0 aromatic heterocycles. The summed E-state index contributed by atoms with van der Waals surface area (Å²) in [4.78, 5) is 0. The van der Waals surface area contributed by atoms with Crippen molar-refractivity contribution in [3.63, 3.8) is 0 Å². The van der Waals surface area contributed by atoms with Crippen molar-refractivity contribution in [1.82, 2.24) is 0 Å². The zero-order valence-corrected chi connectivity index (χ0v) is 12.8. The van der Waals surface area contributed by atoms with Gasteiger partial charge in [-0.3, -0.25) is 0 Å². The van der Waals surface area contributed by atoms with Gasteiger partial charge in [-0.25, -0.2) is 0 Å². The standard InChI is InChI=1S/C22H20/c1-2-6-14-13(5-1)17-9-10-18(14)21(17)22-19-11-12-20(22)16-8-4-3-7-15(16)19/h1-8,17-20H,9-12H2. The molecule has 0 heteroatoms. The summed E-state index contributed by atoms with van der Waals surface area (Å²) < 4.78 is 0. The summed E-state index contributed by atoms with van der Waals surface area (Å²) in [5, 5.41) is 0. The van der Waals surface area contributed by atoms with Gasteiger partial charge in [0.05, 0.1) is 0 Å². The Morgan fingerprint density at radius 3 is 1.00 bits per heavy atom. The number of hydrogen-bond acceptors (Lipinski definition) is 0. The van der Waals surface area contributed by atoms with Crippen molar-refractivity contribution in [3.05, 3.63) is 81.9 Å². The molecule has 0 saturated heterocycles. The molecule has 4 aliphatic carbocycles. The summed E-state index contributed by atoms with van der Waals surface area (Å²) in [7, 11) is 0. The molecule has 22 heavy (non-hydrogen) atoms. The topological polar surface area (TPSA) is 0 Å². The highest BCUT2D eigenvalue weighted by Crippen LogP contribution is 2.65. The van der Waals surface area contributed by atoms with E-state index in [4.69, 9.17) is 0 Å². The van der Waals surface area contributed by atoms with Gasteiger partial charge in [0.15, 0.2) is 0 Å². The van der Waals surface area contributed by atoms with Gasteiger partial charge < -0.3 is 0 Å². The van der Waals surface area contributed by atoms with Gasteiger partial charge in [0.1, 0.15) is 0 Å². The monoisotopic (exact) mass is 284 g/mol. The van der Waals surface area contributed by atoms with Crippen molar-refractivity contribution in [2.24, 2.45) is 0 Å². The Labute approximate surface area is 131 Å². The predicted octanol–water partition coefficient (Wildman–Crippen LogP) is 5.63. The molecular weight excluding hydrogens is 264 g/mol. The Bertz CT molecular complexity index is 690. The van der Waals surface area contributed by atoms with E-state index in [2.05, 4.69) is 48.5 Å². The Hall–Kier alpha value is -1.82. The van der Waals surface area contributed by atoms with E-state index in [0.717, 1.165) is 23.7 Å². The first-order chi connectivity index (χ1) is 10.9. The van der Waals surface area contributed by atoms with Crippen LogP contribution in [-0.4, -0.2) is 0 Å². The smallest absolute Gasteiger partial charge is 0.00607 e. The van der Waals surface area contributed by atoms with Crippen molar-refractivity contribution < 1.29 is 0 Å². The fraction of sp³-hybridized carbons (Fsp3) is 0.364. The molecule has 2 saturated carbocycles. The van der Waals surface area contributed by atoms with Crippen molar-refractivity contribution >= 4 is 0 Å². The van der Waals surface area contributed by atoms with E-state index >= 15 is 0 Å². The molecule has 2 fully saturated rings. The van der Waals surface area contributed by atoms with Crippen LogP contribution in [0.5, 0.6) is 0 Å². The van der Waals surface area contributed by atoms with Crippen LogP contribution in [0.3, 0.4) is 0 Å². The van der Waals surface area contributed by atoms with Crippen molar-refractivity contribution in [3.8, 4) is 0 Å². The van der Waals surface area contributed by atoms with E-state index in [1.807, 2.05) is 11.1 Å². The lowest BCUT2D eigenvalue weighted by atomic mass is 9.89. The van der Waals surface area contributed by atoms with Crippen LogP contribution in [0.15, 0.2) is 59.7 Å². The Balaban J connectivity index is 1.59. The van der Waals surface area contributed by atoms with Crippen molar-refractivity contribution in [2.75, 3.05) is 0 Å². The molecule has 108 valence electrons. The van der Waals surface area contributed by atoms with E-state index in [1.165, 1.54) is 25.7 Å². The lowest BCUT2D eigenvalue weighted by Crippen LogP contribution is -1.98. The average Bonchev–Trinajstić information content (AvgIpc) is 3.31. The molecule has 0 nitrogen and oxygen atoms in total. The van der Waals surface area contributed by atoms with E-state index in [9.17, 15) is 0 Å². The van der Waals surface area contributed by atoms with Crippen molar-refractivity contribution in [1.29, 1.82) is 0 Å². The first kappa shape index (κ1) is 11.7. The molecule has 0 radical (unpaired) electrons. The third kappa shape index (κ3) is 1.23. The van der Waals surface area contributed by atoms with Gasteiger partial charge in [-0.15, -0.1) is 0 Å².